The van der Waals surface area contributed by atoms with Crippen LogP contribution in [0.5, 0.6) is 0 Å². The molecule has 0 amide bonds. The van der Waals surface area contributed by atoms with E-state index in [2.05, 4.69) is 6.58 Å². The largest absolute Gasteiger partial charge is 0.207 e. The normalized spacial score (nSPS) is 7.40. The first-order valence-corrected chi connectivity index (χ1v) is 3.09. The molecular weight excluding hydrogens is 127 g/mol. The zero-order chi connectivity index (χ0) is 7.82. The highest BCUT2D eigenvalue weighted by atomic mass is 19.1. The molecule has 1 heteroatoms. The van der Waals surface area contributed by atoms with Gasteiger partial charge < -0.3 is 0 Å². The van der Waals surface area contributed by atoms with Crippen molar-refractivity contribution < 1.29 is 4.39 Å². The van der Waals surface area contributed by atoms with E-state index in [1.807, 2.05) is 6.92 Å². The van der Waals surface area contributed by atoms with E-state index >= 15 is 0 Å². The minimum absolute atomic E-state index is 0.178. The van der Waals surface area contributed by atoms with Crippen molar-refractivity contribution in [3.05, 3.63) is 48.8 Å². The summed E-state index contributed by atoms with van der Waals surface area (Å²) in [6.45, 7) is 5.25. The minimum atomic E-state index is -0.178. The van der Waals surface area contributed by atoms with Crippen LogP contribution in [-0.4, -0.2) is 0 Å². The van der Waals surface area contributed by atoms with E-state index in [1.165, 1.54) is 12.1 Å². The Kier molecular flexibility index (Phi) is 5.35. The predicted octanol–water partition coefficient (Wildman–Crippen LogP) is 3.02. The Morgan fingerprint density at radius 2 is 1.70 bits per heavy atom. The highest BCUT2D eigenvalue weighted by molar-refractivity contribution is 5.02. The lowest BCUT2D eigenvalue weighted by molar-refractivity contribution is 0.628. The summed E-state index contributed by atoms with van der Waals surface area (Å²) in [6.07, 6.45) is 1.75. The van der Waals surface area contributed by atoms with Crippen molar-refractivity contribution in [3.8, 4) is 0 Å². The quantitative estimate of drug-likeness (QED) is 0.483. The van der Waals surface area contributed by atoms with Gasteiger partial charge in [0, 0.05) is 0 Å². The van der Waals surface area contributed by atoms with Gasteiger partial charge in [0.15, 0.2) is 0 Å². The third kappa shape index (κ3) is 5.04. The standard InChI is InChI=1S/C6H5F.C3H6/c7-6-4-2-1-3-5-6;1-3-2/h1-5H;3H,1H2,2H3. The molecule has 0 unspecified atom stereocenters. The summed E-state index contributed by atoms with van der Waals surface area (Å²) in [7, 11) is 0. The Bertz CT molecular complexity index is 167. The van der Waals surface area contributed by atoms with E-state index in [0.29, 0.717) is 0 Å². The highest BCUT2D eigenvalue weighted by Crippen LogP contribution is 1.91. The van der Waals surface area contributed by atoms with E-state index in [-0.39, 0.29) is 5.82 Å². The molecule has 1 rings (SSSR count). The van der Waals surface area contributed by atoms with Crippen LogP contribution in [0.2, 0.25) is 0 Å². The van der Waals surface area contributed by atoms with Crippen molar-refractivity contribution in [2.24, 2.45) is 0 Å². The lowest BCUT2D eigenvalue weighted by Crippen LogP contribution is -1.63. The van der Waals surface area contributed by atoms with Crippen LogP contribution < -0.4 is 0 Å². The van der Waals surface area contributed by atoms with Gasteiger partial charge in [-0.1, -0.05) is 24.3 Å². The Morgan fingerprint density at radius 1 is 1.30 bits per heavy atom. The first kappa shape index (κ1) is 8.89. The number of hydrogen-bond acceptors (Lipinski definition) is 0. The maximum absolute atomic E-state index is 11.9. The van der Waals surface area contributed by atoms with Gasteiger partial charge in [0.1, 0.15) is 5.82 Å². The van der Waals surface area contributed by atoms with E-state index in [9.17, 15) is 4.39 Å². The van der Waals surface area contributed by atoms with Crippen LogP contribution in [0.3, 0.4) is 0 Å². The van der Waals surface area contributed by atoms with Gasteiger partial charge in [-0.25, -0.2) is 4.39 Å². The average molecular weight is 138 g/mol. The summed E-state index contributed by atoms with van der Waals surface area (Å²) in [5.41, 5.74) is 0. The van der Waals surface area contributed by atoms with Gasteiger partial charge in [-0.2, -0.15) is 0 Å². The van der Waals surface area contributed by atoms with Gasteiger partial charge in [0.2, 0.25) is 0 Å². The maximum atomic E-state index is 11.9. The maximum Gasteiger partial charge on any atom is 0.123 e. The zero-order valence-electron chi connectivity index (χ0n) is 6.05. The Balaban J connectivity index is 0.000000236. The van der Waals surface area contributed by atoms with Crippen LogP contribution in [0.1, 0.15) is 6.92 Å². The number of benzene rings is 1. The summed E-state index contributed by atoms with van der Waals surface area (Å²) in [4.78, 5) is 0. The Morgan fingerprint density at radius 3 is 1.90 bits per heavy atom. The third-order valence-corrected chi connectivity index (χ3v) is 0.733. The molecule has 1 aromatic rings. The number of allylic oxidation sites excluding steroid dienone is 1. The second-order valence-electron chi connectivity index (χ2n) is 1.70. The second kappa shape index (κ2) is 6.02. The molecule has 10 heavy (non-hydrogen) atoms. The van der Waals surface area contributed by atoms with Gasteiger partial charge in [0.05, 0.1) is 0 Å². The van der Waals surface area contributed by atoms with Crippen LogP contribution in [0.4, 0.5) is 4.39 Å². The zero-order valence-corrected chi connectivity index (χ0v) is 6.05. The lowest BCUT2D eigenvalue weighted by atomic mass is 10.4. The van der Waals surface area contributed by atoms with E-state index < -0.39 is 0 Å². The fraction of sp³-hybridized carbons (Fsp3) is 0.111. The van der Waals surface area contributed by atoms with Gasteiger partial charge in [0.25, 0.3) is 0 Å². The molecular formula is C9H11F. The van der Waals surface area contributed by atoms with Crippen molar-refractivity contribution in [2.75, 3.05) is 0 Å². The molecule has 0 aliphatic carbocycles. The fourth-order valence-electron chi connectivity index (χ4n) is 0.415. The first-order chi connectivity index (χ1) is 4.81. The lowest BCUT2D eigenvalue weighted by Gasteiger charge is -1.78. The molecule has 0 heterocycles. The third-order valence-electron chi connectivity index (χ3n) is 0.733. The summed E-state index contributed by atoms with van der Waals surface area (Å²) < 4.78 is 11.9. The molecule has 0 aliphatic heterocycles. The SMILES string of the molecule is C=CC.Fc1ccccc1. The molecule has 0 N–H and O–H groups in total. The summed E-state index contributed by atoms with van der Waals surface area (Å²) in [6, 6.07) is 7.94. The molecule has 0 aromatic heterocycles. The average Bonchev–Trinajstić information content (AvgIpc) is 1.91. The number of rotatable bonds is 0. The van der Waals surface area contributed by atoms with Crippen molar-refractivity contribution in [3.63, 3.8) is 0 Å². The minimum Gasteiger partial charge on any atom is -0.207 e. The topological polar surface area (TPSA) is 0 Å². The molecule has 0 bridgehead atoms. The van der Waals surface area contributed by atoms with Crippen LogP contribution in [0.15, 0.2) is 43.0 Å². The second-order valence-corrected chi connectivity index (χ2v) is 1.70. The molecule has 0 fully saturated rings. The van der Waals surface area contributed by atoms with Crippen molar-refractivity contribution in [1.82, 2.24) is 0 Å². The molecule has 0 nitrogen and oxygen atoms in total. The van der Waals surface area contributed by atoms with Crippen LogP contribution in [0.25, 0.3) is 0 Å². The molecule has 0 radical (unpaired) electrons. The van der Waals surface area contributed by atoms with Gasteiger partial charge in [-0.15, -0.1) is 6.58 Å². The summed E-state index contributed by atoms with van der Waals surface area (Å²) in [5.74, 6) is -0.178. The molecule has 0 spiro atoms. The van der Waals surface area contributed by atoms with Crippen LogP contribution in [-0.2, 0) is 0 Å². The predicted molar refractivity (Wildman–Crippen MR) is 42.3 cm³/mol. The Hall–Kier alpha value is -1.11. The Labute approximate surface area is 61.0 Å². The fourth-order valence-corrected chi connectivity index (χ4v) is 0.415. The van der Waals surface area contributed by atoms with Crippen LogP contribution >= 0.6 is 0 Å². The monoisotopic (exact) mass is 138 g/mol. The molecule has 0 saturated carbocycles. The van der Waals surface area contributed by atoms with Crippen molar-refractivity contribution >= 4 is 0 Å². The number of halogens is 1. The van der Waals surface area contributed by atoms with Gasteiger partial charge >= 0.3 is 0 Å². The van der Waals surface area contributed by atoms with Gasteiger partial charge in [-0.05, 0) is 19.1 Å². The van der Waals surface area contributed by atoms with Gasteiger partial charge in [-0.3, -0.25) is 0 Å². The van der Waals surface area contributed by atoms with Crippen molar-refractivity contribution in [1.29, 1.82) is 0 Å². The molecule has 0 aliphatic rings. The van der Waals surface area contributed by atoms with E-state index in [4.69, 9.17) is 0 Å². The highest BCUT2D eigenvalue weighted by Gasteiger charge is 1.77. The molecule has 0 saturated heterocycles. The van der Waals surface area contributed by atoms with Crippen LogP contribution in [0, 0.1) is 5.82 Å². The first-order valence-electron chi connectivity index (χ1n) is 3.09. The summed E-state index contributed by atoms with van der Waals surface area (Å²) >= 11 is 0. The summed E-state index contributed by atoms with van der Waals surface area (Å²) in [5, 5.41) is 0. The smallest absolute Gasteiger partial charge is 0.123 e. The number of hydrogen-bond donors (Lipinski definition) is 0. The molecule has 54 valence electrons. The van der Waals surface area contributed by atoms with E-state index in [1.54, 1.807) is 24.3 Å². The molecule has 1 aromatic carbocycles. The molecule has 0 atom stereocenters. The van der Waals surface area contributed by atoms with E-state index in [0.717, 1.165) is 0 Å². The van der Waals surface area contributed by atoms with Crippen molar-refractivity contribution in [2.45, 2.75) is 6.92 Å².